The molecule has 1 unspecified atom stereocenters. The van der Waals surface area contributed by atoms with Gasteiger partial charge in [0, 0.05) is 35.4 Å². The van der Waals surface area contributed by atoms with Gasteiger partial charge in [-0.25, -0.2) is 13.1 Å². The van der Waals surface area contributed by atoms with Crippen molar-refractivity contribution >= 4 is 26.5 Å². The molecule has 19 heavy (non-hydrogen) atoms. The summed E-state index contributed by atoms with van der Waals surface area (Å²) in [4.78, 5) is 0.221. The predicted molar refractivity (Wildman–Crippen MR) is 79.3 cm³/mol. The van der Waals surface area contributed by atoms with Gasteiger partial charge in [-0.05, 0) is 12.1 Å². The first-order chi connectivity index (χ1) is 9.01. The Kier molecular flexibility index (Phi) is 6.47. The van der Waals surface area contributed by atoms with Gasteiger partial charge in [-0.2, -0.15) is 0 Å². The first-order valence-corrected chi connectivity index (χ1v) is 9.16. The number of rotatable bonds is 8. The van der Waals surface area contributed by atoms with E-state index in [9.17, 15) is 12.6 Å². The molecule has 0 amide bonds. The third-order valence-electron chi connectivity index (χ3n) is 2.48. The van der Waals surface area contributed by atoms with Crippen molar-refractivity contribution < 1.29 is 12.6 Å². The number of para-hydroxylation sites is 1. The van der Waals surface area contributed by atoms with E-state index in [2.05, 4.69) is 10.0 Å². The molecule has 2 N–H and O–H groups in total. The highest BCUT2D eigenvalue weighted by atomic mass is 32.2. The van der Waals surface area contributed by atoms with Crippen LogP contribution in [0.25, 0.3) is 0 Å². The van der Waals surface area contributed by atoms with Gasteiger partial charge in [0.05, 0.1) is 5.69 Å². The second-order valence-corrected chi connectivity index (χ2v) is 7.46. The molecule has 0 saturated carbocycles. The Morgan fingerprint density at radius 2 is 1.89 bits per heavy atom. The Hall–Kier alpha value is -0.920. The van der Waals surface area contributed by atoms with E-state index >= 15 is 0 Å². The SMILES string of the molecule is CCNS(=O)(=O)c1ccccc1NCCS(=O)CC. The van der Waals surface area contributed by atoms with Gasteiger partial charge in [-0.3, -0.25) is 4.21 Å². The van der Waals surface area contributed by atoms with Crippen LogP contribution in [0, 0.1) is 0 Å². The molecule has 1 atom stereocenters. The van der Waals surface area contributed by atoms with E-state index in [1.54, 1.807) is 31.2 Å². The van der Waals surface area contributed by atoms with E-state index in [4.69, 9.17) is 0 Å². The molecule has 0 aliphatic rings. The fourth-order valence-electron chi connectivity index (χ4n) is 1.56. The highest BCUT2D eigenvalue weighted by Crippen LogP contribution is 2.20. The van der Waals surface area contributed by atoms with Gasteiger partial charge in [0.1, 0.15) is 4.90 Å². The largest absolute Gasteiger partial charge is 0.383 e. The van der Waals surface area contributed by atoms with Crippen molar-refractivity contribution in [3.63, 3.8) is 0 Å². The van der Waals surface area contributed by atoms with Gasteiger partial charge < -0.3 is 5.32 Å². The fourth-order valence-corrected chi connectivity index (χ4v) is 3.40. The summed E-state index contributed by atoms with van der Waals surface area (Å²) in [5.41, 5.74) is 0.538. The van der Waals surface area contributed by atoms with Crippen LogP contribution in [0.4, 0.5) is 5.69 Å². The quantitative estimate of drug-likeness (QED) is 0.756. The molecular formula is C12H20N2O3S2. The Bertz CT molecular complexity index is 530. The summed E-state index contributed by atoms with van der Waals surface area (Å²) < 4.78 is 37.8. The van der Waals surface area contributed by atoms with Crippen molar-refractivity contribution in [3.8, 4) is 0 Å². The number of hydrogen-bond donors (Lipinski definition) is 2. The molecule has 0 heterocycles. The monoisotopic (exact) mass is 304 g/mol. The van der Waals surface area contributed by atoms with Gasteiger partial charge in [0.15, 0.2) is 0 Å². The molecular weight excluding hydrogens is 284 g/mol. The fraction of sp³-hybridized carbons (Fsp3) is 0.500. The molecule has 1 aromatic carbocycles. The van der Waals surface area contributed by atoms with Gasteiger partial charge >= 0.3 is 0 Å². The first kappa shape index (κ1) is 16.1. The van der Waals surface area contributed by atoms with Crippen LogP contribution in [-0.4, -0.2) is 37.2 Å². The van der Waals surface area contributed by atoms with Crippen LogP contribution >= 0.6 is 0 Å². The summed E-state index contributed by atoms with van der Waals surface area (Å²) in [6, 6.07) is 6.71. The van der Waals surface area contributed by atoms with Crippen molar-refractivity contribution in [2.75, 3.05) is 29.9 Å². The van der Waals surface area contributed by atoms with Crippen molar-refractivity contribution in [2.45, 2.75) is 18.7 Å². The van der Waals surface area contributed by atoms with Crippen LogP contribution in [0.15, 0.2) is 29.2 Å². The molecule has 108 valence electrons. The Balaban J connectivity index is 2.82. The average molecular weight is 304 g/mol. The molecule has 0 bridgehead atoms. The van der Waals surface area contributed by atoms with Crippen LogP contribution in [-0.2, 0) is 20.8 Å². The Morgan fingerprint density at radius 3 is 2.53 bits per heavy atom. The zero-order chi connectivity index (χ0) is 14.3. The van der Waals surface area contributed by atoms with Crippen LogP contribution < -0.4 is 10.0 Å². The minimum absolute atomic E-state index is 0.221. The molecule has 0 aromatic heterocycles. The van der Waals surface area contributed by atoms with Crippen LogP contribution in [0.3, 0.4) is 0 Å². The van der Waals surface area contributed by atoms with E-state index in [1.807, 2.05) is 6.92 Å². The lowest BCUT2D eigenvalue weighted by molar-refractivity contribution is 0.584. The first-order valence-electron chi connectivity index (χ1n) is 6.18. The molecule has 1 rings (SSSR count). The third kappa shape index (κ3) is 4.93. The summed E-state index contributed by atoms with van der Waals surface area (Å²) in [5, 5.41) is 3.03. The average Bonchev–Trinajstić information content (AvgIpc) is 2.39. The third-order valence-corrected chi connectivity index (χ3v) is 5.39. The lowest BCUT2D eigenvalue weighted by Gasteiger charge is -2.12. The molecule has 0 aliphatic heterocycles. The minimum Gasteiger partial charge on any atom is -0.383 e. The predicted octanol–water partition coefficient (Wildman–Crippen LogP) is 1.17. The highest BCUT2D eigenvalue weighted by Gasteiger charge is 2.16. The van der Waals surface area contributed by atoms with Crippen molar-refractivity contribution in [1.82, 2.24) is 4.72 Å². The maximum Gasteiger partial charge on any atom is 0.242 e. The zero-order valence-corrected chi connectivity index (χ0v) is 12.8. The van der Waals surface area contributed by atoms with Crippen molar-refractivity contribution in [3.05, 3.63) is 24.3 Å². The van der Waals surface area contributed by atoms with Crippen LogP contribution in [0.5, 0.6) is 0 Å². The number of hydrogen-bond acceptors (Lipinski definition) is 4. The number of anilines is 1. The van der Waals surface area contributed by atoms with Gasteiger partial charge in [-0.1, -0.05) is 26.0 Å². The van der Waals surface area contributed by atoms with E-state index in [0.717, 1.165) is 0 Å². The lowest BCUT2D eigenvalue weighted by Crippen LogP contribution is -2.24. The lowest BCUT2D eigenvalue weighted by atomic mass is 10.3. The molecule has 0 fully saturated rings. The van der Waals surface area contributed by atoms with E-state index in [1.165, 1.54) is 0 Å². The summed E-state index contributed by atoms with van der Waals surface area (Å²) >= 11 is 0. The molecule has 0 radical (unpaired) electrons. The molecule has 5 nitrogen and oxygen atoms in total. The maximum atomic E-state index is 12.0. The second-order valence-electron chi connectivity index (χ2n) is 3.86. The number of sulfonamides is 1. The normalized spacial score (nSPS) is 13.2. The van der Waals surface area contributed by atoms with Crippen molar-refractivity contribution in [1.29, 1.82) is 0 Å². The molecule has 1 aromatic rings. The number of benzene rings is 1. The minimum atomic E-state index is -3.49. The summed E-state index contributed by atoms with van der Waals surface area (Å²) in [6.45, 7) is 4.42. The van der Waals surface area contributed by atoms with Crippen LogP contribution in [0.2, 0.25) is 0 Å². The molecule has 7 heteroatoms. The topological polar surface area (TPSA) is 75.3 Å². The smallest absolute Gasteiger partial charge is 0.242 e. The van der Waals surface area contributed by atoms with E-state index in [-0.39, 0.29) is 4.90 Å². The summed E-state index contributed by atoms with van der Waals surface area (Å²) in [5.74, 6) is 1.12. The Labute approximate surface area is 117 Å². The maximum absolute atomic E-state index is 12.0. The van der Waals surface area contributed by atoms with Crippen molar-refractivity contribution in [2.24, 2.45) is 0 Å². The standard InChI is InChI=1S/C12H20N2O3S2/c1-3-14-19(16,17)12-8-6-5-7-11(12)13-9-10-18(15)4-2/h5-8,13-14H,3-4,9-10H2,1-2H3. The molecule has 0 spiro atoms. The van der Waals surface area contributed by atoms with Gasteiger partial charge in [-0.15, -0.1) is 0 Å². The number of nitrogens with one attached hydrogen (secondary N) is 2. The summed E-state index contributed by atoms with van der Waals surface area (Å²) in [7, 11) is -4.34. The van der Waals surface area contributed by atoms with Gasteiger partial charge in [0.2, 0.25) is 10.0 Å². The zero-order valence-electron chi connectivity index (χ0n) is 11.2. The molecule has 0 aliphatic carbocycles. The molecule has 0 saturated heterocycles. The highest BCUT2D eigenvalue weighted by molar-refractivity contribution is 7.89. The van der Waals surface area contributed by atoms with E-state index in [0.29, 0.717) is 30.3 Å². The van der Waals surface area contributed by atoms with E-state index < -0.39 is 20.8 Å². The second kappa shape index (κ2) is 7.62. The van der Waals surface area contributed by atoms with Gasteiger partial charge in [0.25, 0.3) is 0 Å². The van der Waals surface area contributed by atoms with Crippen LogP contribution in [0.1, 0.15) is 13.8 Å². The summed E-state index contributed by atoms with van der Waals surface area (Å²) in [6.07, 6.45) is 0. The Morgan fingerprint density at radius 1 is 1.21 bits per heavy atom.